The lowest BCUT2D eigenvalue weighted by atomic mass is 10.1. The van der Waals surface area contributed by atoms with Crippen LogP contribution in [-0.4, -0.2) is 37.2 Å². The summed E-state index contributed by atoms with van der Waals surface area (Å²) >= 11 is 0. The standard InChI is InChI=1S/C64H104O6/c1-4-7-10-13-16-19-22-25-28-30-32-34-36-39-42-45-48-51-54-57-63(66)69-60-61(59-68-62(65)56-53-50-47-44-41-38-27-24-21-18-15-12-9-6-3)70-64(67)58-55-52-49-46-43-40-37-35-33-31-29-26-23-20-17-14-11-8-5-2/h7,9-10,12-13,16,18-19,21-22,25,28,30-34,36,39,42,61H,4-6,8,11,14-15,17,20,23-24,26-27,29,35,37-38,40-41,43-60H2,1-3H3/b10-7-,12-9-,16-13-,21-18-,22-19-,28-25-,32-30+,33-31-,36-34-,42-39-. The van der Waals surface area contributed by atoms with Crippen molar-refractivity contribution in [2.24, 2.45) is 0 Å². The molecular formula is C64H104O6. The maximum Gasteiger partial charge on any atom is 0.306 e. The second-order valence-corrected chi connectivity index (χ2v) is 18.6. The molecule has 0 aliphatic carbocycles. The summed E-state index contributed by atoms with van der Waals surface area (Å²) in [6.45, 7) is 6.34. The molecule has 0 radical (unpaired) electrons. The maximum absolute atomic E-state index is 12.9. The van der Waals surface area contributed by atoms with Crippen molar-refractivity contribution >= 4 is 17.9 Å². The van der Waals surface area contributed by atoms with E-state index in [4.69, 9.17) is 14.2 Å². The Morgan fingerprint density at radius 3 is 1.06 bits per heavy atom. The first-order valence-corrected chi connectivity index (χ1v) is 28.6. The fourth-order valence-corrected chi connectivity index (χ4v) is 7.63. The number of rotatable bonds is 50. The number of carbonyl (C=O) groups is 3. The molecule has 0 aromatic heterocycles. The summed E-state index contributed by atoms with van der Waals surface area (Å²) in [5, 5.41) is 0. The summed E-state index contributed by atoms with van der Waals surface area (Å²) in [6.07, 6.45) is 79.0. The summed E-state index contributed by atoms with van der Waals surface area (Å²) in [5.74, 6) is -0.961. The highest BCUT2D eigenvalue weighted by atomic mass is 16.6. The van der Waals surface area contributed by atoms with Crippen molar-refractivity contribution in [2.45, 2.75) is 252 Å². The predicted octanol–water partition coefficient (Wildman–Crippen LogP) is 19.3. The van der Waals surface area contributed by atoms with E-state index < -0.39 is 6.10 Å². The van der Waals surface area contributed by atoms with E-state index in [0.717, 1.165) is 89.9 Å². The van der Waals surface area contributed by atoms with Crippen molar-refractivity contribution in [1.29, 1.82) is 0 Å². The average Bonchev–Trinajstić information content (AvgIpc) is 3.36. The Morgan fingerprint density at radius 2 is 0.629 bits per heavy atom. The smallest absolute Gasteiger partial charge is 0.306 e. The van der Waals surface area contributed by atoms with Gasteiger partial charge in [0.05, 0.1) is 0 Å². The number of hydrogen-bond acceptors (Lipinski definition) is 6. The molecule has 6 nitrogen and oxygen atoms in total. The van der Waals surface area contributed by atoms with E-state index in [0.29, 0.717) is 19.3 Å². The van der Waals surface area contributed by atoms with Crippen LogP contribution in [0.2, 0.25) is 0 Å². The lowest BCUT2D eigenvalue weighted by Crippen LogP contribution is -2.30. The Balaban J connectivity index is 4.50. The van der Waals surface area contributed by atoms with E-state index in [-0.39, 0.29) is 31.1 Å². The van der Waals surface area contributed by atoms with Crippen LogP contribution in [-0.2, 0) is 28.6 Å². The zero-order valence-corrected chi connectivity index (χ0v) is 45.2. The summed E-state index contributed by atoms with van der Waals surface area (Å²) in [5.41, 5.74) is 0. The Labute approximate surface area is 431 Å². The highest BCUT2D eigenvalue weighted by Gasteiger charge is 2.19. The minimum atomic E-state index is -0.807. The molecule has 0 N–H and O–H groups in total. The van der Waals surface area contributed by atoms with E-state index in [1.54, 1.807) is 0 Å². The molecule has 0 saturated heterocycles. The third-order valence-corrected chi connectivity index (χ3v) is 11.9. The second-order valence-electron chi connectivity index (χ2n) is 18.6. The van der Waals surface area contributed by atoms with Crippen LogP contribution in [0.15, 0.2) is 122 Å². The van der Waals surface area contributed by atoms with E-state index >= 15 is 0 Å². The monoisotopic (exact) mass is 969 g/mol. The number of ether oxygens (including phenoxy) is 3. The van der Waals surface area contributed by atoms with E-state index in [9.17, 15) is 14.4 Å². The van der Waals surface area contributed by atoms with Crippen molar-refractivity contribution in [3.63, 3.8) is 0 Å². The SMILES string of the molecule is CC\C=C/C=C\C=C/C=C\C=C\C=C/C=C\CCCCCC(=O)OCC(COC(=O)CCCCCCCCC/C=C\C/C=C\CC)OC(=O)CCCCCCCCC/C=C\CCCCCCCCCC. The number of hydrogen-bond donors (Lipinski definition) is 0. The average molecular weight is 970 g/mol. The first-order valence-electron chi connectivity index (χ1n) is 28.6. The van der Waals surface area contributed by atoms with Crippen molar-refractivity contribution in [2.75, 3.05) is 13.2 Å². The van der Waals surface area contributed by atoms with Gasteiger partial charge in [-0.25, -0.2) is 0 Å². The van der Waals surface area contributed by atoms with Gasteiger partial charge in [-0.1, -0.05) is 258 Å². The second kappa shape index (κ2) is 57.4. The van der Waals surface area contributed by atoms with Gasteiger partial charge in [0, 0.05) is 19.3 Å². The molecule has 0 fully saturated rings. The van der Waals surface area contributed by atoms with Crippen LogP contribution >= 0.6 is 0 Å². The van der Waals surface area contributed by atoms with Gasteiger partial charge in [0.1, 0.15) is 13.2 Å². The van der Waals surface area contributed by atoms with Crippen molar-refractivity contribution < 1.29 is 28.6 Å². The molecule has 0 aromatic rings. The third kappa shape index (κ3) is 54.7. The lowest BCUT2D eigenvalue weighted by Gasteiger charge is -2.18. The van der Waals surface area contributed by atoms with Crippen LogP contribution in [0, 0.1) is 0 Å². The molecule has 1 atom stereocenters. The Bertz CT molecular complexity index is 1490. The zero-order chi connectivity index (χ0) is 50.7. The number of carbonyl (C=O) groups excluding carboxylic acids is 3. The van der Waals surface area contributed by atoms with Crippen LogP contribution in [0.5, 0.6) is 0 Å². The van der Waals surface area contributed by atoms with Gasteiger partial charge in [-0.2, -0.15) is 0 Å². The Kier molecular flexibility index (Phi) is 54.0. The molecule has 0 aromatic carbocycles. The minimum Gasteiger partial charge on any atom is -0.462 e. The molecule has 70 heavy (non-hydrogen) atoms. The van der Waals surface area contributed by atoms with Crippen LogP contribution in [0.3, 0.4) is 0 Å². The molecule has 0 amide bonds. The van der Waals surface area contributed by atoms with Gasteiger partial charge in [-0.05, 0) is 89.9 Å². The van der Waals surface area contributed by atoms with Crippen LogP contribution in [0.4, 0.5) is 0 Å². The molecule has 0 heterocycles. The number of esters is 3. The molecule has 0 bridgehead atoms. The fourth-order valence-electron chi connectivity index (χ4n) is 7.63. The molecule has 0 aliphatic rings. The lowest BCUT2D eigenvalue weighted by molar-refractivity contribution is -0.167. The number of allylic oxidation sites excluding steroid dienone is 20. The van der Waals surface area contributed by atoms with Gasteiger partial charge in [-0.15, -0.1) is 0 Å². The van der Waals surface area contributed by atoms with Gasteiger partial charge in [0.25, 0.3) is 0 Å². The topological polar surface area (TPSA) is 78.9 Å². The molecule has 396 valence electrons. The fraction of sp³-hybridized carbons (Fsp3) is 0.641. The van der Waals surface area contributed by atoms with E-state index in [1.165, 1.54) is 116 Å². The van der Waals surface area contributed by atoms with E-state index in [2.05, 4.69) is 69.4 Å². The van der Waals surface area contributed by atoms with Crippen LogP contribution < -0.4 is 0 Å². The van der Waals surface area contributed by atoms with Crippen LogP contribution in [0.25, 0.3) is 0 Å². The molecule has 0 aliphatic heterocycles. The molecule has 6 heteroatoms. The molecular weight excluding hydrogens is 865 g/mol. The zero-order valence-electron chi connectivity index (χ0n) is 45.2. The van der Waals surface area contributed by atoms with Crippen molar-refractivity contribution in [1.82, 2.24) is 0 Å². The van der Waals surface area contributed by atoms with E-state index in [1.807, 2.05) is 72.9 Å². The Morgan fingerprint density at radius 1 is 0.314 bits per heavy atom. The quantitative estimate of drug-likeness (QED) is 0.0199. The molecule has 1 unspecified atom stereocenters. The van der Waals surface area contributed by atoms with Crippen molar-refractivity contribution in [3.8, 4) is 0 Å². The normalized spacial score (nSPS) is 13.0. The molecule has 0 rings (SSSR count). The first-order chi connectivity index (χ1) is 34.5. The van der Waals surface area contributed by atoms with Crippen LogP contribution in [0.1, 0.15) is 245 Å². The van der Waals surface area contributed by atoms with Gasteiger partial charge in [-0.3, -0.25) is 14.4 Å². The van der Waals surface area contributed by atoms with Gasteiger partial charge in [0.2, 0.25) is 0 Å². The van der Waals surface area contributed by atoms with Gasteiger partial charge in [0.15, 0.2) is 6.10 Å². The molecule has 0 spiro atoms. The predicted molar refractivity (Wildman–Crippen MR) is 302 cm³/mol. The van der Waals surface area contributed by atoms with Gasteiger partial charge >= 0.3 is 17.9 Å². The number of unbranched alkanes of at least 4 members (excludes halogenated alkanes) is 25. The summed E-state index contributed by atoms with van der Waals surface area (Å²) in [4.78, 5) is 38.2. The summed E-state index contributed by atoms with van der Waals surface area (Å²) < 4.78 is 16.8. The summed E-state index contributed by atoms with van der Waals surface area (Å²) in [6, 6.07) is 0. The minimum absolute atomic E-state index is 0.102. The molecule has 0 saturated carbocycles. The maximum atomic E-state index is 12.9. The van der Waals surface area contributed by atoms with Gasteiger partial charge < -0.3 is 14.2 Å². The first kappa shape index (κ1) is 65.8. The Hall–Kier alpha value is -4.19. The highest BCUT2D eigenvalue weighted by molar-refractivity contribution is 5.71. The largest absolute Gasteiger partial charge is 0.462 e. The third-order valence-electron chi connectivity index (χ3n) is 11.9. The van der Waals surface area contributed by atoms with Crippen molar-refractivity contribution in [3.05, 3.63) is 122 Å². The summed E-state index contributed by atoms with van der Waals surface area (Å²) in [7, 11) is 0. The highest BCUT2D eigenvalue weighted by Crippen LogP contribution is 2.15.